The smallest absolute Gasteiger partial charge is 0.233 e. The van der Waals surface area contributed by atoms with E-state index in [0.717, 1.165) is 18.5 Å². The van der Waals surface area contributed by atoms with Crippen LogP contribution in [0.3, 0.4) is 0 Å². The Morgan fingerprint density at radius 3 is 2.84 bits per heavy atom. The van der Waals surface area contributed by atoms with Gasteiger partial charge in [0.15, 0.2) is 5.76 Å². The van der Waals surface area contributed by atoms with Crippen molar-refractivity contribution in [3.8, 4) is 11.3 Å². The summed E-state index contributed by atoms with van der Waals surface area (Å²) in [4.78, 5) is 14.5. The molecule has 0 atom stereocenters. The van der Waals surface area contributed by atoms with Gasteiger partial charge in [0.2, 0.25) is 5.91 Å². The summed E-state index contributed by atoms with van der Waals surface area (Å²) in [6, 6.07) is 15.9. The van der Waals surface area contributed by atoms with Gasteiger partial charge in [0.25, 0.3) is 0 Å². The zero-order chi connectivity index (χ0) is 17.2. The number of fused-ring (bicyclic) bond motifs is 1. The van der Waals surface area contributed by atoms with Crippen molar-refractivity contribution in [2.24, 2.45) is 0 Å². The number of aryl methyl sites for hydroxylation is 1. The van der Waals surface area contributed by atoms with Crippen molar-refractivity contribution in [1.29, 1.82) is 0 Å². The lowest BCUT2D eigenvalue weighted by atomic mass is 10.0. The molecule has 0 fully saturated rings. The Morgan fingerprint density at radius 1 is 1.16 bits per heavy atom. The standard InChI is InChI=1S/C20H17FN2O2/c21-17-9-3-2-8-16(17)19-12-15(22-25-19)13-20(24)23-11-5-7-14-6-1-4-10-18(14)23/h1-4,6,8-10,12H,5,7,11,13H2. The molecule has 0 radical (unpaired) electrons. The quantitative estimate of drug-likeness (QED) is 0.726. The molecular weight excluding hydrogens is 319 g/mol. The molecule has 4 rings (SSSR count). The number of benzene rings is 2. The number of carbonyl (C=O) groups is 1. The molecule has 0 saturated heterocycles. The second-order valence-corrected chi connectivity index (χ2v) is 6.12. The fraction of sp³-hybridized carbons (Fsp3) is 0.200. The van der Waals surface area contributed by atoms with Crippen LogP contribution in [0, 0.1) is 5.82 Å². The molecule has 5 heteroatoms. The van der Waals surface area contributed by atoms with Gasteiger partial charge in [-0.15, -0.1) is 0 Å². The van der Waals surface area contributed by atoms with E-state index in [0.29, 0.717) is 23.6 Å². The lowest BCUT2D eigenvalue weighted by Gasteiger charge is -2.29. The van der Waals surface area contributed by atoms with Crippen molar-refractivity contribution < 1.29 is 13.7 Å². The van der Waals surface area contributed by atoms with Crippen molar-refractivity contribution in [2.45, 2.75) is 19.3 Å². The molecule has 0 aliphatic carbocycles. The Kier molecular flexibility index (Phi) is 4.06. The van der Waals surface area contributed by atoms with Gasteiger partial charge in [-0.25, -0.2) is 4.39 Å². The zero-order valence-electron chi connectivity index (χ0n) is 13.6. The summed E-state index contributed by atoms with van der Waals surface area (Å²) < 4.78 is 19.1. The summed E-state index contributed by atoms with van der Waals surface area (Å²) in [5.74, 6) is -0.0676. The molecule has 1 aliphatic rings. The minimum absolute atomic E-state index is 0.0273. The Labute approximate surface area is 144 Å². The second-order valence-electron chi connectivity index (χ2n) is 6.12. The van der Waals surface area contributed by atoms with Crippen LogP contribution in [0.5, 0.6) is 0 Å². The molecule has 3 aromatic rings. The summed E-state index contributed by atoms with van der Waals surface area (Å²) in [5.41, 5.74) is 3.01. The molecule has 2 aromatic carbocycles. The highest BCUT2D eigenvalue weighted by atomic mass is 19.1. The first kappa shape index (κ1) is 15.6. The van der Waals surface area contributed by atoms with Crippen LogP contribution in [0.25, 0.3) is 11.3 Å². The Hall–Kier alpha value is -2.95. The van der Waals surface area contributed by atoms with Crippen LogP contribution in [0.15, 0.2) is 59.1 Å². The minimum Gasteiger partial charge on any atom is -0.356 e. The first-order valence-electron chi connectivity index (χ1n) is 8.31. The minimum atomic E-state index is -0.374. The summed E-state index contributed by atoms with van der Waals surface area (Å²) in [5, 5.41) is 3.94. The third-order valence-electron chi connectivity index (χ3n) is 4.44. The molecule has 0 spiro atoms. The largest absolute Gasteiger partial charge is 0.356 e. The van der Waals surface area contributed by atoms with E-state index in [-0.39, 0.29) is 18.1 Å². The number of hydrogen-bond donors (Lipinski definition) is 0. The van der Waals surface area contributed by atoms with E-state index in [4.69, 9.17) is 4.52 Å². The van der Waals surface area contributed by atoms with Crippen LogP contribution in [0.4, 0.5) is 10.1 Å². The number of rotatable bonds is 3. The Balaban J connectivity index is 1.54. The van der Waals surface area contributed by atoms with Crippen LogP contribution in [0.1, 0.15) is 17.7 Å². The second kappa shape index (κ2) is 6.51. The van der Waals surface area contributed by atoms with Crippen molar-refractivity contribution in [3.05, 3.63) is 71.7 Å². The van der Waals surface area contributed by atoms with Gasteiger partial charge in [0.05, 0.1) is 17.7 Å². The number of amides is 1. The van der Waals surface area contributed by atoms with Gasteiger partial charge in [-0.05, 0) is 36.6 Å². The van der Waals surface area contributed by atoms with E-state index < -0.39 is 0 Å². The Bertz CT molecular complexity index is 919. The number of nitrogens with zero attached hydrogens (tertiary/aromatic N) is 2. The zero-order valence-corrected chi connectivity index (χ0v) is 13.6. The Morgan fingerprint density at radius 2 is 1.96 bits per heavy atom. The van der Waals surface area contributed by atoms with E-state index in [1.165, 1.54) is 11.6 Å². The fourth-order valence-electron chi connectivity index (χ4n) is 3.23. The van der Waals surface area contributed by atoms with E-state index >= 15 is 0 Å². The van der Waals surface area contributed by atoms with Gasteiger partial charge in [-0.1, -0.05) is 35.5 Å². The monoisotopic (exact) mass is 336 g/mol. The van der Waals surface area contributed by atoms with Gasteiger partial charge < -0.3 is 9.42 Å². The van der Waals surface area contributed by atoms with E-state index in [1.807, 2.05) is 18.2 Å². The average Bonchev–Trinajstić information content (AvgIpc) is 3.09. The molecule has 126 valence electrons. The first-order valence-corrected chi connectivity index (χ1v) is 8.31. The molecule has 0 bridgehead atoms. The number of aromatic nitrogens is 1. The highest BCUT2D eigenvalue weighted by molar-refractivity contribution is 5.95. The van der Waals surface area contributed by atoms with Gasteiger partial charge in [-0.3, -0.25) is 4.79 Å². The predicted octanol–water partition coefficient (Wildman–Crippen LogP) is 4.00. The molecule has 4 nitrogen and oxygen atoms in total. The van der Waals surface area contributed by atoms with Crippen LogP contribution >= 0.6 is 0 Å². The topological polar surface area (TPSA) is 46.3 Å². The van der Waals surface area contributed by atoms with E-state index in [1.54, 1.807) is 29.2 Å². The van der Waals surface area contributed by atoms with Gasteiger partial charge >= 0.3 is 0 Å². The first-order chi connectivity index (χ1) is 12.2. The molecule has 1 amide bonds. The predicted molar refractivity (Wildman–Crippen MR) is 92.7 cm³/mol. The number of anilines is 1. The summed E-state index contributed by atoms with van der Waals surface area (Å²) in [6.07, 6.45) is 2.07. The average molecular weight is 336 g/mol. The molecule has 2 heterocycles. The maximum atomic E-state index is 13.8. The third-order valence-corrected chi connectivity index (χ3v) is 4.44. The van der Waals surface area contributed by atoms with Crippen LogP contribution in [-0.2, 0) is 17.6 Å². The normalized spacial score (nSPS) is 13.6. The van der Waals surface area contributed by atoms with Gasteiger partial charge in [0, 0.05) is 18.3 Å². The van der Waals surface area contributed by atoms with Crippen LogP contribution in [0.2, 0.25) is 0 Å². The fourth-order valence-corrected chi connectivity index (χ4v) is 3.23. The van der Waals surface area contributed by atoms with Crippen molar-refractivity contribution >= 4 is 11.6 Å². The van der Waals surface area contributed by atoms with Crippen LogP contribution < -0.4 is 4.90 Å². The molecule has 0 unspecified atom stereocenters. The summed E-state index contributed by atoms with van der Waals surface area (Å²) >= 11 is 0. The van der Waals surface area contributed by atoms with Crippen molar-refractivity contribution in [2.75, 3.05) is 11.4 Å². The number of para-hydroxylation sites is 1. The summed E-state index contributed by atoms with van der Waals surface area (Å²) in [6.45, 7) is 0.702. The molecule has 0 N–H and O–H groups in total. The van der Waals surface area contributed by atoms with E-state index in [9.17, 15) is 9.18 Å². The lowest BCUT2D eigenvalue weighted by Crippen LogP contribution is -2.36. The lowest BCUT2D eigenvalue weighted by molar-refractivity contribution is -0.118. The maximum absolute atomic E-state index is 13.8. The van der Waals surface area contributed by atoms with Crippen LogP contribution in [-0.4, -0.2) is 17.6 Å². The molecule has 1 aromatic heterocycles. The molecule has 0 saturated carbocycles. The molecular formula is C20H17FN2O2. The van der Waals surface area contributed by atoms with Crippen molar-refractivity contribution in [1.82, 2.24) is 5.16 Å². The SMILES string of the molecule is O=C(Cc1cc(-c2ccccc2F)on1)N1CCCc2ccccc21. The third kappa shape index (κ3) is 3.05. The summed E-state index contributed by atoms with van der Waals surface area (Å²) in [7, 11) is 0. The maximum Gasteiger partial charge on any atom is 0.233 e. The number of carbonyl (C=O) groups excluding carboxylic acids is 1. The molecule has 25 heavy (non-hydrogen) atoms. The molecule has 1 aliphatic heterocycles. The van der Waals surface area contributed by atoms with Gasteiger partial charge in [-0.2, -0.15) is 0 Å². The highest BCUT2D eigenvalue weighted by Crippen LogP contribution is 2.28. The number of hydrogen-bond acceptors (Lipinski definition) is 3. The highest BCUT2D eigenvalue weighted by Gasteiger charge is 2.23. The number of halogens is 1. The van der Waals surface area contributed by atoms with Crippen molar-refractivity contribution in [3.63, 3.8) is 0 Å². The van der Waals surface area contributed by atoms with Gasteiger partial charge in [0.1, 0.15) is 5.82 Å². The van der Waals surface area contributed by atoms with E-state index in [2.05, 4.69) is 11.2 Å².